The van der Waals surface area contributed by atoms with Crippen LogP contribution in [0, 0.1) is 18.2 Å². The summed E-state index contributed by atoms with van der Waals surface area (Å²) >= 11 is 1.41. The number of benzene rings is 1. The van der Waals surface area contributed by atoms with Gasteiger partial charge in [-0.1, -0.05) is 6.07 Å². The zero-order chi connectivity index (χ0) is 18.1. The van der Waals surface area contributed by atoms with Crippen molar-refractivity contribution in [1.29, 1.82) is 0 Å². The highest BCUT2D eigenvalue weighted by atomic mass is 32.1. The van der Waals surface area contributed by atoms with E-state index in [0.717, 1.165) is 49.3 Å². The second-order valence-corrected chi connectivity index (χ2v) is 8.14. The van der Waals surface area contributed by atoms with Gasteiger partial charge < -0.3 is 9.64 Å². The van der Waals surface area contributed by atoms with Crippen LogP contribution in [0.4, 0.5) is 15.0 Å². The average molecular weight is 375 g/mol. The number of aryl methyl sites for hydroxylation is 1. The molecule has 0 radical (unpaired) electrons. The molecule has 7 heteroatoms. The summed E-state index contributed by atoms with van der Waals surface area (Å²) in [5.74, 6) is 0.215. The third-order valence-corrected chi connectivity index (χ3v) is 6.47. The predicted octanol–water partition coefficient (Wildman–Crippen LogP) is 4.29. The Hall–Kier alpha value is -1.99. The number of hydrogen-bond donors (Lipinski definition) is 1. The molecular formula is C19H22FN3O2S. The summed E-state index contributed by atoms with van der Waals surface area (Å²) in [6.45, 7) is 5.49. The van der Waals surface area contributed by atoms with Crippen LogP contribution < -0.4 is 5.32 Å². The van der Waals surface area contributed by atoms with Crippen molar-refractivity contribution in [2.75, 3.05) is 31.6 Å². The van der Waals surface area contributed by atoms with Gasteiger partial charge in [0, 0.05) is 5.41 Å². The van der Waals surface area contributed by atoms with E-state index >= 15 is 0 Å². The van der Waals surface area contributed by atoms with Crippen LogP contribution in [0.1, 0.15) is 24.8 Å². The minimum atomic E-state index is -0.474. The lowest BCUT2D eigenvalue weighted by molar-refractivity contribution is -0.0190. The van der Waals surface area contributed by atoms with E-state index in [0.29, 0.717) is 18.0 Å². The van der Waals surface area contributed by atoms with E-state index in [9.17, 15) is 9.18 Å². The van der Waals surface area contributed by atoms with Crippen molar-refractivity contribution >= 4 is 23.2 Å². The summed E-state index contributed by atoms with van der Waals surface area (Å²) in [7, 11) is 0. The normalized spacial score (nSPS) is 24.5. The molecule has 0 saturated carbocycles. The molecule has 4 heterocycles. The topological polar surface area (TPSA) is 54.5 Å². The van der Waals surface area contributed by atoms with Gasteiger partial charge in [-0.25, -0.2) is 14.2 Å². The summed E-state index contributed by atoms with van der Waals surface area (Å²) in [4.78, 5) is 19.8. The molecule has 1 aromatic heterocycles. The molecule has 2 bridgehead atoms. The van der Waals surface area contributed by atoms with Crippen LogP contribution in [0.3, 0.4) is 0 Å². The molecule has 2 aromatic rings. The van der Waals surface area contributed by atoms with Crippen LogP contribution in [-0.4, -0.2) is 42.2 Å². The van der Waals surface area contributed by atoms with E-state index in [1.54, 1.807) is 24.6 Å². The van der Waals surface area contributed by atoms with Gasteiger partial charge in [-0.15, -0.1) is 11.3 Å². The van der Waals surface area contributed by atoms with Crippen molar-refractivity contribution in [3.05, 3.63) is 35.1 Å². The Morgan fingerprint density at radius 3 is 2.77 bits per heavy atom. The van der Waals surface area contributed by atoms with E-state index < -0.39 is 6.09 Å². The van der Waals surface area contributed by atoms with E-state index in [-0.39, 0.29) is 11.2 Å². The van der Waals surface area contributed by atoms with Crippen LogP contribution in [0.5, 0.6) is 0 Å². The number of amides is 1. The highest BCUT2D eigenvalue weighted by Gasteiger charge is 2.40. The van der Waals surface area contributed by atoms with Gasteiger partial charge >= 0.3 is 6.09 Å². The first kappa shape index (κ1) is 17.4. The molecule has 3 fully saturated rings. The molecule has 0 aliphatic carbocycles. The van der Waals surface area contributed by atoms with Gasteiger partial charge in [0.05, 0.1) is 17.0 Å². The first-order valence-corrected chi connectivity index (χ1v) is 9.79. The molecule has 138 valence electrons. The Balaban J connectivity index is 1.40. The van der Waals surface area contributed by atoms with E-state index in [4.69, 9.17) is 4.74 Å². The number of aromatic nitrogens is 1. The smallest absolute Gasteiger partial charge is 0.412 e. The molecule has 0 atom stereocenters. The van der Waals surface area contributed by atoms with Gasteiger partial charge in [-0.3, -0.25) is 5.32 Å². The fourth-order valence-electron chi connectivity index (χ4n) is 3.79. The van der Waals surface area contributed by atoms with Gasteiger partial charge in [0.15, 0.2) is 5.82 Å². The molecule has 1 N–H and O–H groups in total. The molecular weight excluding hydrogens is 353 g/mol. The zero-order valence-corrected chi connectivity index (χ0v) is 15.6. The van der Waals surface area contributed by atoms with Gasteiger partial charge in [-0.05, 0) is 69.1 Å². The van der Waals surface area contributed by atoms with E-state index in [2.05, 4.69) is 15.2 Å². The van der Waals surface area contributed by atoms with Crippen LogP contribution >= 0.6 is 11.3 Å². The van der Waals surface area contributed by atoms with E-state index in [1.807, 2.05) is 0 Å². The van der Waals surface area contributed by atoms with Crippen molar-refractivity contribution < 1.29 is 13.9 Å². The van der Waals surface area contributed by atoms with Crippen molar-refractivity contribution in [2.24, 2.45) is 5.41 Å². The quantitative estimate of drug-likeness (QED) is 0.866. The number of halogens is 1. The number of anilines is 1. The van der Waals surface area contributed by atoms with Gasteiger partial charge in [0.25, 0.3) is 0 Å². The molecule has 0 unspecified atom stereocenters. The Kier molecular flexibility index (Phi) is 4.67. The van der Waals surface area contributed by atoms with E-state index in [1.165, 1.54) is 17.4 Å². The summed E-state index contributed by atoms with van der Waals surface area (Å²) in [5, 5.41) is 2.75. The Morgan fingerprint density at radius 2 is 2.08 bits per heavy atom. The average Bonchev–Trinajstić information content (AvgIpc) is 3.12. The first-order chi connectivity index (χ1) is 12.5. The lowest BCUT2D eigenvalue weighted by Gasteiger charge is -2.47. The Morgan fingerprint density at radius 1 is 1.35 bits per heavy atom. The number of rotatable bonds is 4. The second kappa shape index (κ2) is 6.96. The monoisotopic (exact) mass is 375 g/mol. The molecule has 3 aliphatic heterocycles. The van der Waals surface area contributed by atoms with Crippen molar-refractivity contribution in [3.63, 3.8) is 0 Å². The summed E-state index contributed by atoms with van der Waals surface area (Å²) in [6, 6.07) is 4.89. The Labute approximate surface area is 156 Å². The van der Waals surface area contributed by atoms with Gasteiger partial charge in [-0.2, -0.15) is 0 Å². The number of piperidine rings is 3. The SMILES string of the molecule is Cc1cc(-c2scnc2NC(=O)OCC23CCN(CC2)CC3)ccc1F. The number of hydrogen-bond acceptors (Lipinski definition) is 5. The van der Waals surface area contributed by atoms with Gasteiger partial charge in [0.1, 0.15) is 5.82 Å². The van der Waals surface area contributed by atoms with Crippen molar-refractivity contribution in [3.8, 4) is 10.4 Å². The highest BCUT2D eigenvalue weighted by Crippen LogP contribution is 2.40. The molecule has 26 heavy (non-hydrogen) atoms. The number of nitrogens with one attached hydrogen (secondary N) is 1. The molecule has 5 rings (SSSR count). The predicted molar refractivity (Wildman–Crippen MR) is 99.9 cm³/mol. The maximum absolute atomic E-state index is 13.5. The standard InChI is InChI=1S/C19H22FN3O2S/c1-13-10-14(2-3-15(13)20)16-17(21-12-26-16)22-18(24)25-11-19-4-7-23(8-5-19)9-6-19/h2-3,10,12H,4-9,11H2,1H3,(H,22,24). The van der Waals surface area contributed by atoms with Crippen molar-refractivity contribution in [2.45, 2.75) is 26.2 Å². The minimum Gasteiger partial charge on any atom is -0.449 e. The lowest BCUT2D eigenvalue weighted by Crippen LogP contribution is -2.50. The lowest BCUT2D eigenvalue weighted by atomic mass is 9.73. The Bertz CT molecular complexity index is 801. The first-order valence-electron chi connectivity index (χ1n) is 8.91. The van der Waals surface area contributed by atoms with Crippen molar-refractivity contribution in [1.82, 2.24) is 9.88 Å². The highest BCUT2D eigenvalue weighted by molar-refractivity contribution is 7.13. The van der Waals surface area contributed by atoms with Crippen LogP contribution in [-0.2, 0) is 4.74 Å². The molecule has 1 aromatic carbocycles. The largest absolute Gasteiger partial charge is 0.449 e. The fourth-order valence-corrected chi connectivity index (χ4v) is 4.53. The third kappa shape index (κ3) is 3.46. The summed E-state index contributed by atoms with van der Waals surface area (Å²) < 4.78 is 19.0. The zero-order valence-electron chi connectivity index (χ0n) is 14.8. The second-order valence-electron chi connectivity index (χ2n) is 7.29. The maximum atomic E-state index is 13.5. The number of carbonyl (C=O) groups excluding carboxylic acids is 1. The molecule has 3 aliphatic rings. The molecule has 5 nitrogen and oxygen atoms in total. The molecule has 0 spiro atoms. The van der Waals surface area contributed by atoms with Gasteiger partial charge in [0.2, 0.25) is 0 Å². The molecule has 3 saturated heterocycles. The summed E-state index contributed by atoms with van der Waals surface area (Å²) in [5.41, 5.74) is 3.21. The maximum Gasteiger partial charge on any atom is 0.412 e. The molecule has 1 amide bonds. The number of thiazole rings is 1. The number of nitrogens with zero attached hydrogens (tertiary/aromatic N) is 2. The summed E-state index contributed by atoms with van der Waals surface area (Å²) in [6.07, 6.45) is 2.81. The fraction of sp³-hybridized carbons (Fsp3) is 0.474. The number of ether oxygens (including phenoxy) is 1. The number of carbonyl (C=O) groups is 1. The van der Waals surface area contributed by atoms with Crippen LogP contribution in [0.15, 0.2) is 23.7 Å². The van der Waals surface area contributed by atoms with Crippen LogP contribution in [0.2, 0.25) is 0 Å². The minimum absolute atomic E-state index is 0.144. The number of fused-ring (bicyclic) bond motifs is 3. The van der Waals surface area contributed by atoms with Crippen LogP contribution in [0.25, 0.3) is 10.4 Å². The third-order valence-electron chi connectivity index (χ3n) is 5.59.